The zero-order valence-electron chi connectivity index (χ0n) is 11.1. The Morgan fingerprint density at radius 3 is 3.16 bits per heavy atom. The van der Waals surface area contributed by atoms with Gasteiger partial charge in [0, 0.05) is 17.1 Å². The fourth-order valence-electron chi connectivity index (χ4n) is 2.53. The van der Waals surface area contributed by atoms with E-state index in [2.05, 4.69) is 17.1 Å². The summed E-state index contributed by atoms with van der Waals surface area (Å²) < 4.78 is 5.81. The predicted molar refractivity (Wildman–Crippen MR) is 77.5 cm³/mol. The number of aryl methyl sites for hydroxylation is 2. The van der Waals surface area contributed by atoms with Gasteiger partial charge in [-0.2, -0.15) is 0 Å². The van der Waals surface area contributed by atoms with Crippen LogP contribution in [-0.4, -0.2) is 4.98 Å². The Bertz CT molecular complexity index is 579. The van der Waals surface area contributed by atoms with Crippen LogP contribution in [0.1, 0.15) is 40.7 Å². The molecule has 1 heterocycles. The maximum Gasteiger partial charge on any atom is 0.140 e. The van der Waals surface area contributed by atoms with Crippen LogP contribution >= 0.6 is 11.3 Å². The van der Waals surface area contributed by atoms with Crippen molar-refractivity contribution in [2.75, 3.05) is 0 Å². The van der Waals surface area contributed by atoms with E-state index in [0.29, 0.717) is 6.61 Å². The summed E-state index contributed by atoms with van der Waals surface area (Å²) >= 11 is 1.64. The van der Waals surface area contributed by atoms with Gasteiger partial charge < -0.3 is 10.5 Å². The van der Waals surface area contributed by atoms with Crippen LogP contribution in [0.2, 0.25) is 0 Å². The monoisotopic (exact) mass is 274 g/mol. The van der Waals surface area contributed by atoms with E-state index in [-0.39, 0.29) is 6.04 Å². The molecule has 1 aliphatic rings. The molecule has 1 aromatic carbocycles. The Balaban J connectivity index is 1.72. The quantitative estimate of drug-likeness (QED) is 0.933. The Labute approximate surface area is 117 Å². The van der Waals surface area contributed by atoms with Crippen molar-refractivity contribution in [1.29, 1.82) is 0 Å². The largest absolute Gasteiger partial charge is 0.486 e. The van der Waals surface area contributed by atoms with E-state index < -0.39 is 0 Å². The lowest BCUT2D eigenvalue weighted by atomic mass is 9.88. The molecular weight excluding hydrogens is 256 g/mol. The lowest BCUT2D eigenvalue weighted by Crippen LogP contribution is -2.17. The van der Waals surface area contributed by atoms with Crippen LogP contribution in [0.25, 0.3) is 0 Å². The Kier molecular flexibility index (Phi) is 3.53. The second-order valence-corrected chi connectivity index (χ2v) is 5.97. The fourth-order valence-corrected chi connectivity index (χ4v) is 3.22. The number of ether oxygens (including phenoxy) is 1. The molecule has 19 heavy (non-hydrogen) atoms. The summed E-state index contributed by atoms with van der Waals surface area (Å²) in [6, 6.07) is 6.46. The van der Waals surface area contributed by atoms with Gasteiger partial charge in [-0.3, -0.25) is 0 Å². The van der Waals surface area contributed by atoms with Crippen molar-refractivity contribution < 1.29 is 4.74 Å². The van der Waals surface area contributed by atoms with E-state index in [1.54, 1.807) is 11.3 Å². The number of benzene rings is 1. The lowest BCUT2D eigenvalue weighted by molar-refractivity contribution is 0.304. The van der Waals surface area contributed by atoms with Crippen LogP contribution in [-0.2, 0) is 13.0 Å². The molecule has 2 aromatic rings. The van der Waals surface area contributed by atoms with Gasteiger partial charge in [0.25, 0.3) is 0 Å². The van der Waals surface area contributed by atoms with E-state index in [4.69, 9.17) is 10.5 Å². The third-order valence-electron chi connectivity index (χ3n) is 3.50. The molecule has 3 nitrogen and oxygen atoms in total. The van der Waals surface area contributed by atoms with Crippen LogP contribution in [0.5, 0.6) is 5.75 Å². The standard InChI is InChI=1S/C15H18N2OS/c1-10-9-19-15(17-10)8-18-12-5-6-13-11(7-12)3-2-4-14(13)16/h5-7,9,14H,2-4,8,16H2,1H3. The number of thiazole rings is 1. The highest BCUT2D eigenvalue weighted by Crippen LogP contribution is 2.30. The molecule has 1 atom stereocenters. The average molecular weight is 274 g/mol. The second kappa shape index (κ2) is 5.31. The molecule has 1 aromatic heterocycles. The van der Waals surface area contributed by atoms with Crippen LogP contribution in [0.15, 0.2) is 23.6 Å². The van der Waals surface area contributed by atoms with Gasteiger partial charge in [0.2, 0.25) is 0 Å². The molecule has 0 bridgehead atoms. The van der Waals surface area contributed by atoms with Crippen molar-refractivity contribution in [3.05, 3.63) is 45.4 Å². The van der Waals surface area contributed by atoms with Crippen molar-refractivity contribution in [3.63, 3.8) is 0 Å². The van der Waals surface area contributed by atoms with Gasteiger partial charge in [0.15, 0.2) is 0 Å². The van der Waals surface area contributed by atoms with Gasteiger partial charge in [0.1, 0.15) is 17.4 Å². The fraction of sp³-hybridized carbons (Fsp3) is 0.400. The first-order valence-corrected chi connectivity index (χ1v) is 7.52. The van der Waals surface area contributed by atoms with E-state index in [9.17, 15) is 0 Å². The van der Waals surface area contributed by atoms with Gasteiger partial charge in [-0.25, -0.2) is 4.98 Å². The van der Waals surface area contributed by atoms with Gasteiger partial charge >= 0.3 is 0 Å². The van der Waals surface area contributed by atoms with Gasteiger partial charge in [-0.15, -0.1) is 11.3 Å². The molecule has 1 unspecified atom stereocenters. The summed E-state index contributed by atoms with van der Waals surface area (Å²) in [7, 11) is 0. The molecule has 3 rings (SSSR count). The first-order chi connectivity index (χ1) is 9.22. The van der Waals surface area contributed by atoms with E-state index in [1.165, 1.54) is 17.5 Å². The normalized spacial score (nSPS) is 18.1. The average Bonchev–Trinajstić information content (AvgIpc) is 2.82. The van der Waals surface area contributed by atoms with Gasteiger partial charge in [-0.05, 0) is 49.4 Å². The summed E-state index contributed by atoms with van der Waals surface area (Å²) in [6.45, 7) is 2.55. The highest BCUT2D eigenvalue weighted by molar-refractivity contribution is 7.09. The third-order valence-corrected chi connectivity index (χ3v) is 4.44. The van der Waals surface area contributed by atoms with E-state index in [0.717, 1.165) is 29.3 Å². The first kappa shape index (κ1) is 12.6. The summed E-state index contributed by atoms with van der Waals surface area (Å²) in [5.74, 6) is 0.917. The van der Waals surface area contributed by atoms with Crippen molar-refractivity contribution in [2.45, 2.75) is 38.8 Å². The molecule has 4 heteroatoms. The van der Waals surface area contributed by atoms with Crippen LogP contribution in [0.4, 0.5) is 0 Å². The van der Waals surface area contributed by atoms with E-state index >= 15 is 0 Å². The van der Waals surface area contributed by atoms with Crippen molar-refractivity contribution in [1.82, 2.24) is 4.98 Å². The molecule has 1 aliphatic carbocycles. The topological polar surface area (TPSA) is 48.1 Å². The lowest BCUT2D eigenvalue weighted by Gasteiger charge is -2.22. The zero-order chi connectivity index (χ0) is 13.2. The minimum atomic E-state index is 0.194. The van der Waals surface area contributed by atoms with Gasteiger partial charge in [0.05, 0.1) is 0 Å². The number of hydrogen-bond donors (Lipinski definition) is 1. The maximum atomic E-state index is 6.12. The number of nitrogens with zero attached hydrogens (tertiary/aromatic N) is 1. The van der Waals surface area contributed by atoms with Crippen LogP contribution in [0, 0.1) is 6.92 Å². The molecule has 100 valence electrons. The first-order valence-electron chi connectivity index (χ1n) is 6.64. The van der Waals surface area contributed by atoms with Gasteiger partial charge in [-0.1, -0.05) is 6.07 Å². The molecule has 0 amide bonds. The molecular formula is C15H18N2OS. The molecule has 0 saturated heterocycles. The van der Waals surface area contributed by atoms with Crippen molar-refractivity contribution in [2.24, 2.45) is 5.73 Å². The molecule has 0 spiro atoms. The third kappa shape index (κ3) is 2.80. The summed E-state index contributed by atoms with van der Waals surface area (Å²) in [5, 5.41) is 3.07. The summed E-state index contributed by atoms with van der Waals surface area (Å²) in [6.07, 6.45) is 3.37. The Morgan fingerprint density at radius 2 is 2.37 bits per heavy atom. The van der Waals surface area contributed by atoms with Crippen molar-refractivity contribution in [3.8, 4) is 5.75 Å². The zero-order valence-corrected chi connectivity index (χ0v) is 11.9. The highest BCUT2D eigenvalue weighted by atomic mass is 32.1. The maximum absolute atomic E-state index is 6.12. The second-order valence-electron chi connectivity index (χ2n) is 5.03. The SMILES string of the molecule is Cc1csc(COc2ccc3c(c2)CCCC3N)n1. The van der Waals surface area contributed by atoms with Crippen molar-refractivity contribution >= 4 is 11.3 Å². The Morgan fingerprint density at radius 1 is 1.47 bits per heavy atom. The summed E-state index contributed by atoms with van der Waals surface area (Å²) in [5.41, 5.74) is 9.79. The molecule has 0 radical (unpaired) electrons. The number of fused-ring (bicyclic) bond motifs is 1. The number of nitrogens with two attached hydrogens (primary N) is 1. The number of hydrogen-bond acceptors (Lipinski definition) is 4. The molecule has 0 saturated carbocycles. The van der Waals surface area contributed by atoms with Crippen LogP contribution < -0.4 is 10.5 Å². The smallest absolute Gasteiger partial charge is 0.140 e. The number of aromatic nitrogens is 1. The minimum Gasteiger partial charge on any atom is -0.486 e. The Hall–Kier alpha value is -1.39. The predicted octanol–water partition coefficient (Wildman–Crippen LogP) is 3.37. The minimum absolute atomic E-state index is 0.194. The van der Waals surface area contributed by atoms with E-state index in [1.807, 2.05) is 18.4 Å². The number of rotatable bonds is 3. The highest BCUT2D eigenvalue weighted by Gasteiger charge is 2.17. The summed E-state index contributed by atoms with van der Waals surface area (Å²) in [4.78, 5) is 4.40. The molecule has 0 fully saturated rings. The van der Waals surface area contributed by atoms with Crippen LogP contribution in [0.3, 0.4) is 0 Å². The molecule has 2 N–H and O–H groups in total. The molecule has 0 aliphatic heterocycles.